The van der Waals surface area contributed by atoms with Crippen LogP contribution in [0.15, 0.2) is 24.3 Å². The number of hydrogen-bond acceptors (Lipinski definition) is 4. The molecule has 1 N–H and O–H groups in total. The van der Waals surface area contributed by atoms with Crippen LogP contribution >= 0.6 is 0 Å². The lowest BCUT2D eigenvalue weighted by molar-refractivity contribution is -0.147. The van der Waals surface area contributed by atoms with Crippen molar-refractivity contribution in [1.82, 2.24) is 10.2 Å². The molecule has 6 heteroatoms. The molecule has 1 aliphatic rings. The fraction of sp³-hybridized carbons (Fsp3) is 0.400. The maximum absolute atomic E-state index is 12.5. The van der Waals surface area contributed by atoms with Crippen LogP contribution in [0.2, 0.25) is 0 Å². The molecule has 3 amide bonds. The van der Waals surface area contributed by atoms with Crippen molar-refractivity contribution in [2.45, 2.75) is 26.3 Å². The Morgan fingerprint density at radius 3 is 2.48 bits per heavy atom. The average Bonchev–Trinajstić information content (AvgIpc) is 2.64. The van der Waals surface area contributed by atoms with Gasteiger partial charge >= 0.3 is 12.0 Å². The number of carbonyl (C=O) groups excluding carboxylic acids is 3. The molecular formula is C15H18N2O4. The number of amides is 3. The van der Waals surface area contributed by atoms with Crippen molar-refractivity contribution in [2.75, 3.05) is 13.2 Å². The van der Waals surface area contributed by atoms with Crippen LogP contribution in [0.4, 0.5) is 4.79 Å². The number of benzene rings is 1. The van der Waals surface area contributed by atoms with Crippen LogP contribution in [0.3, 0.4) is 0 Å². The summed E-state index contributed by atoms with van der Waals surface area (Å²) >= 11 is 0. The third-order valence-corrected chi connectivity index (χ3v) is 3.50. The molecule has 0 saturated carbocycles. The summed E-state index contributed by atoms with van der Waals surface area (Å²) < 4.78 is 4.78. The van der Waals surface area contributed by atoms with Gasteiger partial charge < -0.3 is 10.1 Å². The summed E-state index contributed by atoms with van der Waals surface area (Å²) in [6.45, 7) is 5.06. The molecule has 1 atom stereocenters. The van der Waals surface area contributed by atoms with Crippen LogP contribution in [0.25, 0.3) is 0 Å². The van der Waals surface area contributed by atoms with Crippen LogP contribution in [0.1, 0.15) is 25.0 Å². The van der Waals surface area contributed by atoms with E-state index in [9.17, 15) is 14.4 Å². The lowest BCUT2D eigenvalue weighted by Crippen LogP contribution is -2.41. The molecule has 1 fully saturated rings. The Morgan fingerprint density at radius 2 is 1.90 bits per heavy atom. The van der Waals surface area contributed by atoms with Gasteiger partial charge in [0.1, 0.15) is 12.1 Å². The van der Waals surface area contributed by atoms with E-state index in [4.69, 9.17) is 4.74 Å². The number of rotatable bonds is 4. The Kier molecular flexibility index (Phi) is 3.97. The van der Waals surface area contributed by atoms with Crippen LogP contribution in [0, 0.1) is 6.92 Å². The zero-order valence-corrected chi connectivity index (χ0v) is 12.3. The van der Waals surface area contributed by atoms with E-state index in [2.05, 4.69) is 5.32 Å². The van der Waals surface area contributed by atoms with Crippen LogP contribution in [0.5, 0.6) is 0 Å². The summed E-state index contributed by atoms with van der Waals surface area (Å²) in [6, 6.07) is 6.74. The smallest absolute Gasteiger partial charge is 0.326 e. The standard InChI is InChI=1S/C15H18N2O4/c1-4-21-12(18)9-17-13(19)15(3,16-14(17)20)11-7-5-10(2)6-8-11/h5-8H,4,9H2,1-3H3,(H,16,20)/t15-/m0/s1. The summed E-state index contributed by atoms with van der Waals surface area (Å²) in [4.78, 5) is 36.8. The van der Waals surface area contributed by atoms with Gasteiger partial charge in [-0.2, -0.15) is 0 Å². The number of nitrogens with one attached hydrogen (secondary N) is 1. The maximum atomic E-state index is 12.5. The Balaban J connectivity index is 2.24. The normalized spacial score (nSPS) is 21.4. The van der Waals surface area contributed by atoms with Crippen molar-refractivity contribution in [2.24, 2.45) is 0 Å². The number of imide groups is 1. The van der Waals surface area contributed by atoms with Crippen molar-refractivity contribution in [3.63, 3.8) is 0 Å². The lowest BCUT2D eigenvalue weighted by Gasteiger charge is -2.22. The van der Waals surface area contributed by atoms with E-state index in [-0.39, 0.29) is 13.2 Å². The first-order valence-corrected chi connectivity index (χ1v) is 6.75. The SMILES string of the molecule is CCOC(=O)CN1C(=O)N[C@@](C)(c2ccc(C)cc2)C1=O. The zero-order chi connectivity index (χ0) is 15.6. The van der Waals surface area contributed by atoms with E-state index in [1.54, 1.807) is 26.0 Å². The molecule has 0 spiro atoms. The molecule has 1 aromatic carbocycles. The topological polar surface area (TPSA) is 75.7 Å². The molecule has 1 aromatic rings. The average molecular weight is 290 g/mol. The van der Waals surface area contributed by atoms with Gasteiger partial charge in [0.05, 0.1) is 6.61 Å². The van der Waals surface area contributed by atoms with Crippen molar-refractivity contribution in [3.8, 4) is 0 Å². The number of aryl methyl sites for hydroxylation is 1. The third-order valence-electron chi connectivity index (χ3n) is 3.50. The molecule has 1 saturated heterocycles. The molecule has 1 aliphatic heterocycles. The minimum Gasteiger partial charge on any atom is -0.465 e. The van der Waals surface area contributed by atoms with Gasteiger partial charge in [-0.15, -0.1) is 0 Å². The molecule has 0 unspecified atom stereocenters. The Bertz CT molecular complexity index is 582. The number of esters is 1. The molecule has 0 radical (unpaired) electrons. The summed E-state index contributed by atoms with van der Waals surface area (Å²) in [5, 5.41) is 2.64. The molecule has 2 rings (SSSR count). The summed E-state index contributed by atoms with van der Waals surface area (Å²) in [7, 11) is 0. The largest absolute Gasteiger partial charge is 0.465 e. The van der Waals surface area contributed by atoms with Gasteiger partial charge in [-0.25, -0.2) is 4.79 Å². The van der Waals surface area contributed by atoms with Gasteiger partial charge in [0, 0.05) is 0 Å². The Labute approximate surface area is 123 Å². The van der Waals surface area contributed by atoms with Gasteiger partial charge in [-0.1, -0.05) is 29.8 Å². The highest BCUT2D eigenvalue weighted by Crippen LogP contribution is 2.28. The van der Waals surface area contributed by atoms with E-state index in [1.165, 1.54) is 0 Å². The molecule has 1 heterocycles. The van der Waals surface area contributed by atoms with Crippen molar-refractivity contribution < 1.29 is 19.1 Å². The van der Waals surface area contributed by atoms with Crippen LogP contribution < -0.4 is 5.32 Å². The molecule has 21 heavy (non-hydrogen) atoms. The Hall–Kier alpha value is -2.37. The first-order valence-electron chi connectivity index (χ1n) is 6.75. The lowest BCUT2D eigenvalue weighted by atomic mass is 9.91. The Morgan fingerprint density at radius 1 is 1.29 bits per heavy atom. The number of urea groups is 1. The predicted octanol–water partition coefficient (Wildman–Crippen LogP) is 1.33. The van der Waals surface area contributed by atoms with E-state index in [1.807, 2.05) is 19.1 Å². The number of hydrogen-bond donors (Lipinski definition) is 1. The highest BCUT2D eigenvalue weighted by atomic mass is 16.5. The van der Waals surface area contributed by atoms with E-state index in [0.717, 1.165) is 10.5 Å². The molecular weight excluding hydrogens is 272 g/mol. The first-order chi connectivity index (χ1) is 9.88. The number of nitrogens with zero attached hydrogens (tertiary/aromatic N) is 1. The minimum absolute atomic E-state index is 0.206. The molecule has 0 aliphatic carbocycles. The quantitative estimate of drug-likeness (QED) is 0.670. The van der Waals surface area contributed by atoms with E-state index in [0.29, 0.717) is 5.56 Å². The van der Waals surface area contributed by atoms with Crippen LogP contribution in [-0.4, -0.2) is 36.0 Å². The van der Waals surface area contributed by atoms with Gasteiger partial charge in [-0.05, 0) is 26.3 Å². The van der Waals surface area contributed by atoms with Crippen molar-refractivity contribution in [3.05, 3.63) is 35.4 Å². The second kappa shape index (κ2) is 5.55. The zero-order valence-electron chi connectivity index (χ0n) is 12.3. The second-order valence-electron chi connectivity index (χ2n) is 5.12. The van der Waals surface area contributed by atoms with Gasteiger partial charge in [0.2, 0.25) is 0 Å². The van der Waals surface area contributed by atoms with E-state index >= 15 is 0 Å². The number of carbonyl (C=O) groups is 3. The summed E-state index contributed by atoms with van der Waals surface area (Å²) in [5.41, 5.74) is 0.581. The first kappa shape index (κ1) is 15.0. The van der Waals surface area contributed by atoms with E-state index < -0.39 is 23.4 Å². The predicted molar refractivity (Wildman–Crippen MR) is 75.4 cm³/mol. The van der Waals surface area contributed by atoms with Gasteiger partial charge in [0.15, 0.2) is 0 Å². The second-order valence-corrected chi connectivity index (χ2v) is 5.12. The highest BCUT2D eigenvalue weighted by molar-refractivity contribution is 6.08. The third kappa shape index (κ3) is 2.74. The highest BCUT2D eigenvalue weighted by Gasteiger charge is 2.49. The summed E-state index contributed by atoms with van der Waals surface area (Å²) in [6.07, 6.45) is 0. The van der Waals surface area contributed by atoms with Gasteiger partial charge in [-0.3, -0.25) is 14.5 Å². The van der Waals surface area contributed by atoms with Crippen LogP contribution in [-0.2, 0) is 19.9 Å². The molecule has 112 valence electrons. The fourth-order valence-electron chi connectivity index (χ4n) is 2.26. The fourth-order valence-corrected chi connectivity index (χ4v) is 2.26. The monoisotopic (exact) mass is 290 g/mol. The molecule has 6 nitrogen and oxygen atoms in total. The van der Waals surface area contributed by atoms with Crippen molar-refractivity contribution >= 4 is 17.9 Å². The molecule has 0 bridgehead atoms. The minimum atomic E-state index is -1.16. The van der Waals surface area contributed by atoms with Gasteiger partial charge in [0.25, 0.3) is 5.91 Å². The maximum Gasteiger partial charge on any atom is 0.326 e. The molecule has 0 aromatic heterocycles. The number of ether oxygens (including phenoxy) is 1. The van der Waals surface area contributed by atoms with Crippen molar-refractivity contribution in [1.29, 1.82) is 0 Å². The summed E-state index contributed by atoms with van der Waals surface area (Å²) in [5.74, 6) is -1.06.